The molecular formula is C13H21N3O. The summed E-state index contributed by atoms with van der Waals surface area (Å²) in [6, 6.07) is 1.53. The van der Waals surface area contributed by atoms with E-state index < -0.39 is 0 Å². The number of H-pyrrole nitrogens is 1. The van der Waals surface area contributed by atoms with Gasteiger partial charge in [0.05, 0.1) is 6.54 Å². The van der Waals surface area contributed by atoms with Crippen molar-refractivity contribution in [3.8, 4) is 0 Å². The van der Waals surface area contributed by atoms with Crippen LogP contribution in [0.4, 0.5) is 0 Å². The van der Waals surface area contributed by atoms with E-state index >= 15 is 0 Å². The molecule has 0 amide bonds. The van der Waals surface area contributed by atoms with Gasteiger partial charge in [0.15, 0.2) is 0 Å². The van der Waals surface area contributed by atoms with E-state index in [-0.39, 0.29) is 5.56 Å². The summed E-state index contributed by atoms with van der Waals surface area (Å²) in [6.07, 6.45) is 1.30. The van der Waals surface area contributed by atoms with Gasteiger partial charge in [-0.05, 0) is 25.2 Å². The molecule has 1 N–H and O–H groups in total. The second kappa shape index (κ2) is 5.00. The van der Waals surface area contributed by atoms with E-state index in [1.54, 1.807) is 0 Å². The molecule has 0 spiro atoms. The van der Waals surface area contributed by atoms with Gasteiger partial charge in [0, 0.05) is 24.8 Å². The normalized spacial score (nSPS) is 26.1. The van der Waals surface area contributed by atoms with Gasteiger partial charge in [-0.15, -0.1) is 0 Å². The van der Waals surface area contributed by atoms with Crippen LogP contribution in [-0.2, 0) is 6.54 Å². The second-order valence-electron chi connectivity index (χ2n) is 5.47. The summed E-state index contributed by atoms with van der Waals surface area (Å²) in [7, 11) is 0. The van der Waals surface area contributed by atoms with Crippen LogP contribution in [0.15, 0.2) is 10.9 Å². The second-order valence-corrected chi connectivity index (χ2v) is 5.47. The molecule has 1 saturated heterocycles. The largest absolute Gasteiger partial charge is 0.309 e. The number of piperidine rings is 1. The predicted molar refractivity (Wildman–Crippen MR) is 67.8 cm³/mol. The summed E-state index contributed by atoms with van der Waals surface area (Å²) < 4.78 is 0. The van der Waals surface area contributed by atoms with Crippen LogP contribution in [0, 0.1) is 18.8 Å². The van der Waals surface area contributed by atoms with Gasteiger partial charge in [0.25, 0.3) is 5.56 Å². The van der Waals surface area contributed by atoms with Crippen LogP contribution in [0.25, 0.3) is 0 Å². The van der Waals surface area contributed by atoms with E-state index in [0.29, 0.717) is 0 Å². The molecule has 1 fully saturated rings. The van der Waals surface area contributed by atoms with Crippen molar-refractivity contribution in [3.63, 3.8) is 0 Å². The number of nitrogens with one attached hydrogen (secondary N) is 1. The van der Waals surface area contributed by atoms with Crippen molar-refractivity contribution in [2.24, 2.45) is 11.8 Å². The summed E-state index contributed by atoms with van der Waals surface area (Å²) >= 11 is 0. The minimum Gasteiger partial charge on any atom is -0.309 e. The molecule has 0 unspecified atom stereocenters. The van der Waals surface area contributed by atoms with Crippen LogP contribution in [-0.4, -0.2) is 28.0 Å². The maximum absolute atomic E-state index is 11.4. The lowest BCUT2D eigenvalue weighted by Gasteiger charge is -2.34. The molecule has 0 radical (unpaired) electrons. The van der Waals surface area contributed by atoms with Crippen molar-refractivity contribution < 1.29 is 0 Å². The number of aromatic amines is 1. The average molecular weight is 235 g/mol. The summed E-state index contributed by atoms with van der Waals surface area (Å²) in [5.41, 5.74) is 0.743. The number of hydrogen-bond donors (Lipinski definition) is 1. The Kier molecular flexibility index (Phi) is 3.62. The van der Waals surface area contributed by atoms with E-state index in [9.17, 15) is 4.79 Å². The van der Waals surface area contributed by atoms with E-state index in [1.807, 2.05) is 6.92 Å². The minimum absolute atomic E-state index is 0.0504. The number of aryl methyl sites for hydroxylation is 1. The van der Waals surface area contributed by atoms with Gasteiger partial charge in [0.1, 0.15) is 5.82 Å². The Morgan fingerprint density at radius 2 is 2.06 bits per heavy atom. The Balaban J connectivity index is 2.07. The first-order valence-corrected chi connectivity index (χ1v) is 6.32. The fourth-order valence-corrected chi connectivity index (χ4v) is 2.85. The summed E-state index contributed by atoms with van der Waals surface area (Å²) in [6.45, 7) is 9.39. The predicted octanol–water partition coefficient (Wildman–Crippen LogP) is 1.56. The number of nitrogens with zero attached hydrogens (tertiary/aromatic N) is 2. The van der Waals surface area contributed by atoms with Crippen molar-refractivity contribution in [2.45, 2.75) is 33.7 Å². The van der Waals surface area contributed by atoms with E-state index in [2.05, 4.69) is 28.7 Å². The number of aromatic nitrogens is 2. The van der Waals surface area contributed by atoms with Crippen LogP contribution in [0.3, 0.4) is 0 Å². The SMILES string of the molecule is Cc1cc(=O)[nH]c(CN2C[C@H](C)C[C@@H](C)C2)n1. The first-order chi connectivity index (χ1) is 8.02. The Hall–Kier alpha value is -1.16. The molecule has 0 saturated carbocycles. The van der Waals surface area contributed by atoms with Gasteiger partial charge < -0.3 is 4.98 Å². The van der Waals surface area contributed by atoms with E-state index in [1.165, 1.54) is 12.5 Å². The molecule has 1 aliphatic rings. The molecule has 17 heavy (non-hydrogen) atoms. The number of hydrogen-bond acceptors (Lipinski definition) is 3. The molecule has 0 bridgehead atoms. The highest BCUT2D eigenvalue weighted by atomic mass is 16.1. The molecule has 1 aromatic heterocycles. The first-order valence-electron chi connectivity index (χ1n) is 6.32. The third-order valence-electron chi connectivity index (χ3n) is 3.24. The van der Waals surface area contributed by atoms with Crippen molar-refractivity contribution in [2.75, 3.05) is 13.1 Å². The standard InChI is InChI=1S/C13H21N3O/c1-9-4-10(2)7-16(6-9)8-12-14-11(3)5-13(17)15-12/h5,9-10H,4,6-8H2,1-3H3,(H,14,15,17)/t9-,10-/m1/s1. The maximum atomic E-state index is 11.4. The van der Waals surface area contributed by atoms with Crippen LogP contribution in [0.2, 0.25) is 0 Å². The summed E-state index contributed by atoms with van der Waals surface area (Å²) in [5.74, 6) is 2.25. The third kappa shape index (κ3) is 3.40. The molecule has 4 nitrogen and oxygen atoms in total. The molecule has 1 aliphatic heterocycles. The Morgan fingerprint density at radius 3 is 2.65 bits per heavy atom. The summed E-state index contributed by atoms with van der Waals surface area (Å²) in [5, 5.41) is 0. The van der Waals surface area contributed by atoms with Gasteiger partial charge in [-0.3, -0.25) is 9.69 Å². The Bertz CT molecular complexity index is 431. The van der Waals surface area contributed by atoms with Crippen molar-refractivity contribution in [1.29, 1.82) is 0 Å². The van der Waals surface area contributed by atoms with Gasteiger partial charge in [0.2, 0.25) is 0 Å². The van der Waals surface area contributed by atoms with Crippen LogP contribution < -0.4 is 5.56 Å². The zero-order chi connectivity index (χ0) is 12.4. The lowest BCUT2D eigenvalue weighted by atomic mass is 9.92. The average Bonchev–Trinajstić information content (AvgIpc) is 2.13. The van der Waals surface area contributed by atoms with Crippen molar-refractivity contribution >= 4 is 0 Å². The number of rotatable bonds is 2. The molecule has 2 atom stereocenters. The molecule has 1 aromatic rings. The van der Waals surface area contributed by atoms with E-state index in [0.717, 1.165) is 43.0 Å². The molecule has 4 heteroatoms. The topological polar surface area (TPSA) is 49.0 Å². The molecule has 0 aliphatic carbocycles. The van der Waals surface area contributed by atoms with E-state index in [4.69, 9.17) is 0 Å². The Labute approximate surface area is 102 Å². The molecular weight excluding hydrogens is 214 g/mol. The zero-order valence-corrected chi connectivity index (χ0v) is 10.9. The molecule has 2 rings (SSSR count). The van der Waals surface area contributed by atoms with Crippen LogP contribution in [0.1, 0.15) is 31.8 Å². The molecule has 0 aromatic carbocycles. The quantitative estimate of drug-likeness (QED) is 0.846. The number of likely N-dealkylation sites (tertiary alicyclic amines) is 1. The van der Waals surface area contributed by atoms with Crippen LogP contribution in [0.5, 0.6) is 0 Å². The third-order valence-corrected chi connectivity index (χ3v) is 3.24. The lowest BCUT2D eigenvalue weighted by Crippen LogP contribution is -2.38. The fraction of sp³-hybridized carbons (Fsp3) is 0.692. The first kappa shape index (κ1) is 12.3. The molecule has 2 heterocycles. The summed E-state index contributed by atoms with van der Waals surface area (Å²) in [4.78, 5) is 21.0. The minimum atomic E-state index is -0.0504. The fourth-order valence-electron chi connectivity index (χ4n) is 2.85. The highest BCUT2D eigenvalue weighted by Gasteiger charge is 2.22. The maximum Gasteiger partial charge on any atom is 0.251 e. The highest BCUT2D eigenvalue weighted by Crippen LogP contribution is 2.21. The van der Waals surface area contributed by atoms with Crippen molar-refractivity contribution in [1.82, 2.24) is 14.9 Å². The van der Waals surface area contributed by atoms with Gasteiger partial charge in [-0.1, -0.05) is 13.8 Å². The zero-order valence-electron chi connectivity index (χ0n) is 10.9. The van der Waals surface area contributed by atoms with Crippen LogP contribution >= 0.6 is 0 Å². The van der Waals surface area contributed by atoms with Gasteiger partial charge >= 0.3 is 0 Å². The Morgan fingerprint density at radius 1 is 1.41 bits per heavy atom. The monoisotopic (exact) mass is 235 g/mol. The lowest BCUT2D eigenvalue weighted by molar-refractivity contribution is 0.131. The smallest absolute Gasteiger partial charge is 0.251 e. The van der Waals surface area contributed by atoms with Gasteiger partial charge in [-0.2, -0.15) is 0 Å². The van der Waals surface area contributed by atoms with Gasteiger partial charge in [-0.25, -0.2) is 4.98 Å². The van der Waals surface area contributed by atoms with Crippen molar-refractivity contribution in [3.05, 3.63) is 27.9 Å². The molecule has 94 valence electrons. The highest BCUT2D eigenvalue weighted by molar-refractivity contribution is 5.00.